The molecule has 0 aromatic heterocycles. The van der Waals surface area contributed by atoms with Gasteiger partial charge in [-0.15, -0.1) is 0 Å². The van der Waals surface area contributed by atoms with Crippen LogP contribution in [0.15, 0.2) is 54.6 Å². The maximum Gasteiger partial charge on any atom is 0.325 e. The van der Waals surface area contributed by atoms with Crippen LogP contribution >= 0.6 is 0 Å². The standard InChI is InChI=1S/C24H28N2O3/c1-4-17(2)19-10-12-20(13-11-19)21(27)16-26-22(28)24(3,25-23(26)29)15-14-18-8-6-5-7-9-18/h5-13,17H,4,14-16H2,1-3H3,(H,25,29)/t17-,24-/m0/s1. The number of benzene rings is 2. The van der Waals surface area contributed by atoms with Crippen LogP contribution in [-0.4, -0.2) is 34.7 Å². The predicted molar refractivity (Wildman–Crippen MR) is 113 cm³/mol. The predicted octanol–water partition coefficient (Wildman–Crippen LogP) is 4.33. The Labute approximate surface area is 172 Å². The molecule has 1 aliphatic rings. The molecule has 29 heavy (non-hydrogen) atoms. The molecule has 1 saturated heterocycles. The third-order valence-electron chi connectivity index (χ3n) is 5.82. The van der Waals surface area contributed by atoms with Crippen molar-refractivity contribution in [2.24, 2.45) is 0 Å². The summed E-state index contributed by atoms with van der Waals surface area (Å²) < 4.78 is 0. The van der Waals surface area contributed by atoms with Gasteiger partial charge in [0.15, 0.2) is 5.78 Å². The molecule has 0 aliphatic carbocycles. The van der Waals surface area contributed by atoms with Crippen molar-refractivity contribution in [3.63, 3.8) is 0 Å². The summed E-state index contributed by atoms with van der Waals surface area (Å²) in [5.41, 5.74) is 1.79. The highest BCUT2D eigenvalue weighted by Gasteiger charge is 2.47. The van der Waals surface area contributed by atoms with Gasteiger partial charge in [0.1, 0.15) is 5.54 Å². The van der Waals surface area contributed by atoms with Crippen LogP contribution in [0.2, 0.25) is 0 Å². The molecule has 152 valence electrons. The first-order chi connectivity index (χ1) is 13.8. The summed E-state index contributed by atoms with van der Waals surface area (Å²) in [5.74, 6) is -0.157. The van der Waals surface area contributed by atoms with Crippen LogP contribution in [0.5, 0.6) is 0 Å². The van der Waals surface area contributed by atoms with Crippen LogP contribution in [-0.2, 0) is 11.2 Å². The van der Waals surface area contributed by atoms with Crippen LogP contribution in [0.4, 0.5) is 4.79 Å². The number of rotatable bonds is 8. The number of imide groups is 1. The van der Waals surface area contributed by atoms with Crippen molar-refractivity contribution in [1.82, 2.24) is 10.2 Å². The number of carbonyl (C=O) groups is 3. The van der Waals surface area contributed by atoms with Crippen LogP contribution < -0.4 is 5.32 Å². The van der Waals surface area contributed by atoms with Gasteiger partial charge in [-0.25, -0.2) is 4.79 Å². The Kier molecular flexibility index (Phi) is 6.16. The molecule has 0 unspecified atom stereocenters. The van der Waals surface area contributed by atoms with Gasteiger partial charge in [0.05, 0.1) is 6.54 Å². The number of nitrogens with one attached hydrogen (secondary N) is 1. The van der Waals surface area contributed by atoms with E-state index in [4.69, 9.17) is 0 Å². The average molecular weight is 392 g/mol. The lowest BCUT2D eigenvalue weighted by Gasteiger charge is -2.21. The molecule has 1 fully saturated rings. The third-order valence-corrected chi connectivity index (χ3v) is 5.82. The van der Waals surface area contributed by atoms with Crippen molar-refractivity contribution in [1.29, 1.82) is 0 Å². The number of aryl methyl sites for hydroxylation is 1. The maximum atomic E-state index is 12.9. The molecule has 0 spiro atoms. The monoisotopic (exact) mass is 392 g/mol. The first-order valence-corrected chi connectivity index (χ1v) is 10.1. The summed E-state index contributed by atoms with van der Waals surface area (Å²) in [6.07, 6.45) is 2.18. The fourth-order valence-corrected chi connectivity index (χ4v) is 3.57. The van der Waals surface area contributed by atoms with E-state index in [0.717, 1.165) is 16.9 Å². The van der Waals surface area contributed by atoms with Gasteiger partial charge < -0.3 is 5.32 Å². The number of hydrogen-bond acceptors (Lipinski definition) is 3. The lowest BCUT2D eigenvalue weighted by atomic mass is 9.93. The lowest BCUT2D eigenvalue weighted by molar-refractivity contribution is -0.130. The SMILES string of the molecule is CC[C@H](C)c1ccc(C(=O)CN2C(=O)N[C@@](C)(CCc3ccccc3)C2=O)cc1. The molecular formula is C24H28N2O3. The van der Waals surface area contributed by atoms with Gasteiger partial charge in [-0.3, -0.25) is 14.5 Å². The first-order valence-electron chi connectivity index (χ1n) is 10.1. The summed E-state index contributed by atoms with van der Waals surface area (Å²) in [6, 6.07) is 16.8. The van der Waals surface area contributed by atoms with E-state index >= 15 is 0 Å². The van der Waals surface area contributed by atoms with Gasteiger partial charge in [-0.05, 0) is 43.2 Å². The molecule has 2 aromatic rings. The summed E-state index contributed by atoms with van der Waals surface area (Å²) in [4.78, 5) is 39.0. The molecule has 2 atom stereocenters. The van der Waals surface area contributed by atoms with E-state index in [2.05, 4.69) is 19.2 Å². The Hall–Kier alpha value is -2.95. The summed E-state index contributed by atoms with van der Waals surface area (Å²) >= 11 is 0. The number of hydrogen-bond donors (Lipinski definition) is 1. The zero-order valence-electron chi connectivity index (χ0n) is 17.3. The number of nitrogens with zero attached hydrogens (tertiary/aromatic N) is 1. The Balaban J connectivity index is 1.65. The zero-order chi connectivity index (χ0) is 21.0. The number of carbonyl (C=O) groups excluding carboxylic acids is 3. The second-order valence-electron chi connectivity index (χ2n) is 7.99. The van der Waals surface area contributed by atoms with Crippen LogP contribution in [0.25, 0.3) is 0 Å². The van der Waals surface area contributed by atoms with Crippen molar-refractivity contribution >= 4 is 17.7 Å². The molecule has 5 nitrogen and oxygen atoms in total. The van der Waals surface area contributed by atoms with Crippen LogP contribution in [0, 0.1) is 0 Å². The molecule has 1 N–H and O–H groups in total. The highest BCUT2D eigenvalue weighted by molar-refractivity contribution is 6.11. The van der Waals surface area contributed by atoms with E-state index in [-0.39, 0.29) is 18.2 Å². The van der Waals surface area contributed by atoms with Gasteiger partial charge in [0, 0.05) is 5.56 Å². The fraction of sp³-hybridized carbons (Fsp3) is 0.375. The van der Waals surface area contributed by atoms with E-state index in [1.165, 1.54) is 5.56 Å². The van der Waals surface area contributed by atoms with Gasteiger partial charge in [-0.1, -0.05) is 68.4 Å². The van der Waals surface area contributed by atoms with Gasteiger partial charge in [0.2, 0.25) is 0 Å². The number of ketones is 1. The molecule has 0 radical (unpaired) electrons. The topological polar surface area (TPSA) is 66.5 Å². The van der Waals surface area contributed by atoms with Gasteiger partial charge in [0.25, 0.3) is 5.91 Å². The molecule has 1 heterocycles. The molecule has 0 saturated carbocycles. The Morgan fingerprint density at radius 3 is 2.34 bits per heavy atom. The Bertz CT molecular complexity index is 892. The highest BCUT2D eigenvalue weighted by atomic mass is 16.2. The molecule has 1 aliphatic heterocycles. The van der Waals surface area contributed by atoms with Crippen molar-refractivity contribution in [2.75, 3.05) is 6.54 Å². The average Bonchev–Trinajstić information content (AvgIpc) is 2.96. The summed E-state index contributed by atoms with van der Waals surface area (Å²) in [7, 11) is 0. The normalized spacial score (nSPS) is 19.9. The molecule has 3 amide bonds. The van der Waals surface area contributed by atoms with Crippen molar-refractivity contribution in [3.8, 4) is 0 Å². The summed E-state index contributed by atoms with van der Waals surface area (Å²) in [6.45, 7) is 5.74. The van der Waals surface area contributed by atoms with Crippen molar-refractivity contribution < 1.29 is 14.4 Å². The molecule has 5 heteroatoms. The quantitative estimate of drug-likeness (QED) is 0.537. The van der Waals surface area contributed by atoms with Crippen molar-refractivity contribution in [2.45, 2.75) is 51.5 Å². The lowest BCUT2D eigenvalue weighted by Crippen LogP contribution is -2.44. The Morgan fingerprint density at radius 2 is 1.72 bits per heavy atom. The molecule has 0 bridgehead atoms. The number of urea groups is 1. The minimum Gasteiger partial charge on any atom is -0.323 e. The molecule has 2 aromatic carbocycles. The van der Waals surface area contributed by atoms with Gasteiger partial charge in [-0.2, -0.15) is 0 Å². The number of amides is 3. The van der Waals surface area contributed by atoms with E-state index in [0.29, 0.717) is 24.3 Å². The van der Waals surface area contributed by atoms with E-state index in [1.807, 2.05) is 42.5 Å². The fourth-order valence-electron chi connectivity index (χ4n) is 3.57. The van der Waals surface area contributed by atoms with E-state index < -0.39 is 11.6 Å². The highest BCUT2D eigenvalue weighted by Crippen LogP contribution is 2.24. The molecular weight excluding hydrogens is 364 g/mol. The smallest absolute Gasteiger partial charge is 0.323 e. The van der Waals surface area contributed by atoms with Crippen molar-refractivity contribution in [3.05, 3.63) is 71.3 Å². The minimum atomic E-state index is -0.992. The molecule has 3 rings (SSSR count). The van der Waals surface area contributed by atoms with E-state index in [1.54, 1.807) is 19.1 Å². The minimum absolute atomic E-state index is 0.239. The van der Waals surface area contributed by atoms with Crippen LogP contribution in [0.3, 0.4) is 0 Å². The maximum absolute atomic E-state index is 12.9. The largest absolute Gasteiger partial charge is 0.325 e. The van der Waals surface area contributed by atoms with Crippen LogP contribution in [0.1, 0.15) is 61.0 Å². The van der Waals surface area contributed by atoms with Gasteiger partial charge >= 0.3 is 6.03 Å². The third kappa shape index (κ3) is 4.56. The summed E-state index contributed by atoms with van der Waals surface area (Å²) in [5, 5.41) is 2.77. The second kappa shape index (κ2) is 8.60. The second-order valence-corrected chi connectivity index (χ2v) is 7.99. The first kappa shape index (κ1) is 20.8. The zero-order valence-corrected chi connectivity index (χ0v) is 17.3. The number of Topliss-reactive ketones (excluding diaryl/α,β-unsaturated/α-hetero) is 1. The van der Waals surface area contributed by atoms with E-state index in [9.17, 15) is 14.4 Å². The Morgan fingerprint density at radius 1 is 1.07 bits per heavy atom.